The number of aromatic nitrogens is 5. The third-order valence-corrected chi connectivity index (χ3v) is 5.55. The smallest absolute Gasteiger partial charge is 0.352 e. The summed E-state index contributed by atoms with van der Waals surface area (Å²) in [6, 6.07) is -1.16. The number of hydrogen-bond donors (Lipinski definition) is 2. The van der Waals surface area contributed by atoms with Crippen LogP contribution in [0.5, 0.6) is 0 Å². The number of carbonyl (C=O) groups excluding carboxylic acids is 1. The van der Waals surface area contributed by atoms with Crippen LogP contribution in [0.1, 0.15) is 12.0 Å². The monoisotopic (exact) mass is 468 g/mol. The number of H-pyrrole nitrogens is 1. The van der Waals surface area contributed by atoms with Crippen molar-refractivity contribution < 1.29 is 22.4 Å². The highest BCUT2D eigenvalue weighted by Crippen LogP contribution is 2.30. The number of piperidine rings is 1. The van der Waals surface area contributed by atoms with Gasteiger partial charge in [0.05, 0.1) is 30.5 Å². The van der Waals surface area contributed by atoms with Gasteiger partial charge in [-0.1, -0.05) is 0 Å². The average molecular weight is 468 g/mol. The molecule has 1 saturated heterocycles. The maximum atomic E-state index is 15.0. The Morgan fingerprint density at radius 1 is 1.33 bits per heavy atom. The van der Waals surface area contributed by atoms with Crippen LogP contribution in [0.25, 0.3) is 11.2 Å². The number of hydrogen-bond acceptors (Lipinski definition) is 6. The van der Waals surface area contributed by atoms with Crippen LogP contribution in [0, 0.1) is 0 Å². The van der Waals surface area contributed by atoms with E-state index in [9.17, 15) is 22.8 Å². The minimum atomic E-state index is -4.70. The molecule has 0 aromatic carbocycles. The van der Waals surface area contributed by atoms with Crippen LogP contribution in [-0.4, -0.2) is 68.0 Å². The number of fused-ring (bicyclic) bond motifs is 1. The van der Waals surface area contributed by atoms with Crippen LogP contribution in [0.3, 0.4) is 0 Å². The number of aryl methyl sites for hydroxylation is 1. The van der Waals surface area contributed by atoms with Crippen molar-refractivity contribution in [1.29, 1.82) is 0 Å². The van der Waals surface area contributed by atoms with Gasteiger partial charge in [-0.2, -0.15) is 18.3 Å². The number of halogens is 4. The van der Waals surface area contributed by atoms with E-state index in [1.807, 2.05) is 0 Å². The number of urea groups is 1. The summed E-state index contributed by atoms with van der Waals surface area (Å²) < 4.78 is 54.9. The first kappa shape index (κ1) is 22.5. The van der Waals surface area contributed by atoms with Gasteiger partial charge in [-0.15, -0.1) is 0 Å². The summed E-state index contributed by atoms with van der Waals surface area (Å²) in [7, 11) is 2.48. The molecule has 2 N–H and O–H groups in total. The fourth-order valence-electron chi connectivity index (χ4n) is 3.72. The van der Waals surface area contributed by atoms with Crippen molar-refractivity contribution in [3.05, 3.63) is 40.6 Å². The Balaban J connectivity index is 1.45. The number of anilines is 2. The first-order chi connectivity index (χ1) is 15.5. The number of rotatable bonds is 3. The van der Waals surface area contributed by atoms with Gasteiger partial charge in [-0.05, 0) is 12.5 Å². The molecule has 33 heavy (non-hydrogen) atoms. The molecule has 2 amide bonds. The predicted molar refractivity (Wildman–Crippen MR) is 111 cm³/mol. The lowest BCUT2D eigenvalue weighted by Crippen LogP contribution is -2.54. The fraction of sp³-hybridized carbons (Fsp3) is 0.421. The lowest BCUT2D eigenvalue weighted by molar-refractivity contribution is -0.138. The Hall–Kier alpha value is -3.71. The van der Waals surface area contributed by atoms with Crippen molar-refractivity contribution in [2.75, 3.05) is 30.4 Å². The SMILES string of the molecule is CN(C(=O)Nc1cc(C(F)(F)F)cn(C)c1=O)[C@H]1CCN(c2cnc3[nH]ncc3n2)C[C@@H]1F. The van der Waals surface area contributed by atoms with Crippen molar-refractivity contribution >= 4 is 28.7 Å². The Morgan fingerprint density at radius 2 is 2.09 bits per heavy atom. The molecule has 0 unspecified atom stereocenters. The second-order valence-electron chi connectivity index (χ2n) is 7.75. The molecular weight excluding hydrogens is 448 g/mol. The van der Waals surface area contributed by atoms with Crippen molar-refractivity contribution in [2.24, 2.45) is 7.05 Å². The minimum absolute atomic E-state index is 0.0638. The third kappa shape index (κ3) is 4.45. The van der Waals surface area contributed by atoms with Crippen LogP contribution < -0.4 is 15.8 Å². The molecule has 1 fully saturated rings. The van der Waals surface area contributed by atoms with E-state index in [0.29, 0.717) is 35.8 Å². The predicted octanol–water partition coefficient (Wildman–Crippen LogP) is 2.15. The number of carbonyl (C=O) groups is 1. The molecular formula is C19H20F4N8O2. The van der Waals surface area contributed by atoms with Gasteiger partial charge >= 0.3 is 12.2 Å². The molecule has 3 aromatic heterocycles. The van der Waals surface area contributed by atoms with Gasteiger partial charge < -0.3 is 19.7 Å². The molecule has 0 aliphatic carbocycles. The lowest BCUT2D eigenvalue weighted by atomic mass is 10.0. The molecule has 1 aliphatic heterocycles. The molecule has 2 atom stereocenters. The van der Waals surface area contributed by atoms with Crippen molar-refractivity contribution in [1.82, 2.24) is 29.6 Å². The summed E-state index contributed by atoms with van der Waals surface area (Å²) in [5.74, 6) is 0.463. The summed E-state index contributed by atoms with van der Waals surface area (Å²) in [4.78, 5) is 36.1. The summed E-state index contributed by atoms with van der Waals surface area (Å²) in [5, 5.41) is 8.70. The quantitative estimate of drug-likeness (QED) is 0.570. The van der Waals surface area contributed by atoms with Gasteiger partial charge in [0.25, 0.3) is 5.56 Å². The molecule has 10 nitrogen and oxygen atoms in total. The van der Waals surface area contributed by atoms with Crippen LogP contribution in [0.4, 0.5) is 33.9 Å². The second-order valence-corrected chi connectivity index (χ2v) is 7.75. The van der Waals surface area contributed by atoms with E-state index in [1.165, 1.54) is 19.4 Å². The van der Waals surface area contributed by atoms with Gasteiger partial charge in [0.2, 0.25) is 0 Å². The summed E-state index contributed by atoms with van der Waals surface area (Å²) >= 11 is 0. The van der Waals surface area contributed by atoms with E-state index in [-0.39, 0.29) is 13.0 Å². The van der Waals surface area contributed by atoms with Gasteiger partial charge in [0, 0.05) is 26.8 Å². The maximum Gasteiger partial charge on any atom is 0.417 e. The van der Waals surface area contributed by atoms with Gasteiger partial charge in [0.15, 0.2) is 5.65 Å². The first-order valence-electron chi connectivity index (χ1n) is 9.91. The molecule has 4 heterocycles. The van der Waals surface area contributed by atoms with Crippen LogP contribution >= 0.6 is 0 Å². The first-order valence-corrected chi connectivity index (χ1v) is 9.91. The van der Waals surface area contributed by atoms with Gasteiger partial charge in [0.1, 0.15) is 23.2 Å². The standard InChI is InChI=1S/C19H20F4N8O2/c1-29-8-10(19(21,22)23)5-12(17(29)32)27-18(33)30(2)14-3-4-31(9-11(14)20)15-7-24-16-13(26-15)6-25-28-16/h5-8,11,14H,3-4,9H2,1-2H3,(H,27,33)(H,24,25,28)/t11-,14-/m0/s1. The molecule has 3 aromatic rings. The third-order valence-electron chi connectivity index (χ3n) is 5.55. The summed E-state index contributed by atoms with van der Waals surface area (Å²) in [5.41, 5.74) is -1.41. The Bertz CT molecular complexity index is 1240. The number of nitrogens with zero attached hydrogens (tertiary/aromatic N) is 6. The van der Waals surface area contributed by atoms with E-state index in [0.717, 1.165) is 16.5 Å². The van der Waals surface area contributed by atoms with Crippen LogP contribution in [-0.2, 0) is 13.2 Å². The van der Waals surface area contributed by atoms with Crippen molar-refractivity contribution in [3.63, 3.8) is 0 Å². The maximum absolute atomic E-state index is 15.0. The molecule has 14 heteroatoms. The molecule has 1 aliphatic rings. The second kappa shape index (κ2) is 8.33. The summed E-state index contributed by atoms with van der Waals surface area (Å²) in [6.45, 7) is 0.303. The zero-order valence-electron chi connectivity index (χ0n) is 17.6. The Labute approximate surface area is 184 Å². The fourth-order valence-corrected chi connectivity index (χ4v) is 3.72. The average Bonchev–Trinajstić information content (AvgIpc) is 3.23. The van der Waals surface area contributed by atoms with Crippen LogP contribution in [0.15, 0.2) is 29.5 Å². The normalized spacial score (nSPS) is 19.0. The highest BCUT2D eigenvalue weighted by molar-refractivity contribution is 5.89. The molecule has 176 valence electrons. The Kier molecular flexibility index (Phi) is 5.68. The molecule has 0 spiro atoms. The van der Waals surface area contributed by atoms with Gasteiger partial charge in [-0.3, -0.25) is 9.89 Å². The number of nitrogens with one attached hydrogen (secondary N) is 2. The van der Waals surface area contributed by atoms with E-state index in [1.54, 1.807) is 4.90 Å². The molecule has 0 bridgehead atoms. The highest BCUT2D eigenvalue weighted by Gasteiger charge is 2.36. The topological polar surface area (TPSA) is 112 Å². The lowest BCUT2D eigenvalue weighted by Gasteiger charge is -2.39. The largest absolute Gasteiger partial charge is 0.417 e. The molecule has 0 radical (unpaired) electrons. The van der Waals surface area contributed by atoms with E-state index in [2.05, 4.69) is 25.5 Å². The van der Waals surface area contributed by atoms with E-state index >= 15 is 4.39 Å². The zero-order chi connectivity index (χ0) is 23.9. The van der Waals surface area contributed by atoms with E-state index in [4.69, 9.17) is 0 Å². The highest BCUT2D eigenvalue weighted by atomic mass is 19.4. The number of alkyl halides is 4. The van der Waals surface area contributed by atoms with E-state index < -0.39 is 41.2 Å². The number of pyridine rings is 1. The zero-order valence-corrected chi connectivity index (χ0v) is 17.6. The van der Waals surface area contributed by atoms with Crippen LogP contribution in [0.2, 0.25) is 0 Å². The Morgan fingerprint density at radius 3 is 2.79 bits per heavy atom. The summed E-state index contributed by atoms with van der Waals surface area (Å²) in [6.07, 6.45) is -2.30. The minimum Gasteiger partial charge on any atom is -0.352 e. The van der Waals surface area contributed by atoms with Gasteiger partial charge in [-0.25, -0.2) is 19.2 Å². The van der Waals surface area contributed by atoms with Crippen molar-refractivity contribution in [3.8, 4) is 0 Å². The number of aromatic amines is 1. The molecule has 0 saturated carbocycles. The number of amides is 2. The molecule has 4 rings (SSSR count). The van der Waals surface area contributed by atoms with Crippen molar-refractivity contribution in [2.45, 2.75) is 24.8 Å².